The van der Waals surface area contributed by atoms with E-state index in [1.165, 1.54) is 43.4 Å². The summed E-state index contributed by atoms with van der Waals surface area (Å²) in [6.45, 7) is 11.9. The normalized spacial score (nSPS) is 13.3. The Balaban J connectivity index is 5.21. The number of hydrogen-bond acceptors (Lipinski definition) is 9. The fraction of sp³-hybridized carbons (Fsp3) is 0.882. The fourth-order valence-electron chi connectivity index (χ4n) is 4.66. The summed E-state index contributed by atoms with van der Waals surface area (Å²) in [7, 11) is 0. The Kier molecular flexibility index (Phi) is 26.0. The molecule has 0 aliphatic heterocycles. The highest BCUT2D eigenvalue weighted by Crippen LogP contribution is 2.20. The van der Waals surface area contributed by atoms with Crippen molar-refractivity contribution >= 4 is 23.9 Å². The Bertz CT molecular complexity index is 712. The van der Waals surface area contributed by atoms with Gasteiger partial charge in [0.2, 0.25) is 0 Å². The van der Waals surface area contributed by atoms with Crippen LogP contribution in [-0.2, 0) is 38.1 Å². The van der Waals surface area contributed by atoms with Crippen LogP contribution in [0.2, 0.25) is 0 Å². The third-order valence-corrected chi connectivity index (χ3v) is 7.58. The van der Waals surface area contributed by atoms with Crippen LogP contribution in [0.4, 0.5) is 0 Å². The summed E-state index contributed by atoms with van der Waals surface area (Å²) in [5, 5.41) is 0. The first kappa shape index (κ1) is 40.8. The van der Waals surface area contributed by atoms with Crippen molar-refractivity contribution in [2.45, 2.75) is 156 Å². The van der Waals surface area contributed by atoms with Gasteiger partial charge < -0.3 is 18.9 Å². The third kappa shape index (κ3) is 23.0. The zero-order valence-electron chi connectivity index (χ0n) is 28.3. The molecule has 0 aliphatic carbocycles. The molecule has 0 aliphatic rings. The van der Waals surface area contributed by atoms with Crippen LogP contribution in [0, 0.1) is 5.92 Å². The SMILES string of the molecule is CCCCCCCCOC(=O)CN(CC(=O)OCCCCCCCC)CC(=O)OC(CC(C)CC)C(CC)OC(=O)CC. The summed E-state index contributed by atoms with van der Waals surface area (Å²) < 4.78 is 22.2. The van der Waals surface area contributed by atoms with Crippen molar-refractivity contribution in [1.29, 1.82) is 0 Å². The number of rotatable bonds is 28. The van der Waals surface area contributed by atoms with Crippen molar-refractivity contribution in [1.82, 2.24) is 4.90 Å². The minimum Gasteiger partial charge on any atom is -0.465 e. The predicted octanol–water partition coefficient (Wildman–Crippen LogP) is 7.18. The van der Waals surface area contributed by atoms with Crippen LogP contribution in [-0.4, -0.2) is 73.8 Å². The van der Waals surface area contributed by atoms with E-state index in [0.717, 1.165) is 44.9 Å². The monoisotopic (exact) mass is 613 g/mol. The van der Waals surface area contributed by atoms with Crippen molar-refractivity contribution in [3.63, 3.8) is 0 Å². The molecule has 0 N–H and O–H groups in total. The Labute approximate surface area is 262 Å². The molecule has 0 bridgehead atoms. The predicted molar refractivity (Wildman–Crippen MR) is 170 cm³/mol. The first-order valence-corrected chi connectivity index (χ1v) is 17.1. The van der Waals surface area contributed by atoms with Crippen molar-refractivity contribution < 1.29 is 38.1 Å². The van der Waals surface area contributed by atoms with E-state index in [4.69, 9.17) is 18.9 Å². The summed E-state index contributed by atoms with van der Waals surface area (Å²) in [5.74, 6) is -1.68. The highest BCUT2D eigenvalue weighted by atomic mass is 16.6. The summed E-state index contributed by atoms with van der Waals surface area (Å²) in [6, 6.07) is 0. The number of hydrogen-bond donors (Lipinski definition) is 0. The lowest BCUT2D eigenvalue weighted by Gasteiger charge is -2.29. The molecule has 43 heavy (non-hydrogen) atoms. The van der Waals surface area contributed by atoms with Gasteiger partial charge in [0.05, 0.1) is 32.8 Å². The molecule has 3 atom stereocenters. The number of nitrogens with zero attached hydrogens (tertiary/aromatic N) is 1. The number of carbonyl (C=O) groups is 4. The van der Waals surface area contributed by atoms with Crippen molar-refractivity contribution in [3.8, 4) is 0 Å². The van der Waals surface area contributed by atoms with Crippen molar-refractivity contribution in [2.24, 2.45) is 5.92 Å². The first-order valence-electron chi connectivity index (χ1n) is 17.1. The van der Waals surface area contributed by atoms with Crippen LogP contribution in [0.5, 0.6) is 0 Å². The van der Waals surface area contributed by atoms with E-state index in [9.17, 15) is 19.2 Å². The molecule has 0 aromatic carbocycles. The number of unbranched alkanes of at least 4 members (excludes halogenated alkanes) is 10. The second-order valence-electron chi connectivity index (χ2n) is 11.7. The summed E-state index contributed by atoms with van der Waals surface area (Å²) in [5.41, 5.74) is 0. The Morgan fingerprint density at radius 2 is 0.977 bits per heavy atom. The Hall–Kier alpha value is -2.16. The fourth-order valence-corrected chi connectivity index (χ4v) is 4.66. The molecule has 0 spiro atoms. The van der Waals surface area contributed by atoms with Gasteiger partial charge in [-0.3, -0.25) is 24.1 Å². The zero-order chi connectivity index (χ0) is 32.3. The van der Waals surface area contributed by atoms with E-state index in [1.54, 1.807) is 6.92 Å². The Morgan fingerprint density at radius 1 is 0.535 bits per heavy atom. The molecule has 0 aromatic rings. The molecular formula is C34H63NO8. The van der Waals surface area contributed by atoms with Crippen LogP contribution in [0.1, 0.15) is 144 Å². The maximum absolute atomic E-state index is 13.1. The van der Waals surface area contributed by atoms with Crippen LogP contribution in [0.3, 0.4) is 0 Å². The highest BCUT2D eigenvalue weighted by molar-refractivity contribution is 5.78. The lowest BCUT2D eigenvalue weighted by Crippen LogP contribution is -2.43. The van der Waals surface area contributed by atoms with Gasteiger partial charge in [-0.25, -0.2) is 0 Å². The average Bonchev–Trinajstić information content (AvgIpc) is 2.98. The molecule has 0 heterocycles. The van der Waals surface area contributed by atoms with Crippen molar-refractivity contribution in [3.05, 3.63) is 0 Å². The lowest BCUT2D eigenvalue weighted by atomic mass is 9.96. The lowest BCUT2D eigenvalue weighted by molar-refractivity contribution is -0.171. The average molecular weight is 614 g/mol. The van der Waals surface area contributed by atoms with Crippen LogP contribution >= 0.6 is 0 Å². The van der Waals surface area contributed by atoms with Gasteiger partial charge in [0.15, 0.2) is 0 Å². The van der Waals surface area contributed by atoms with Gasteiger partial charge in [-0.2, -0.15) is 0 Å². The molecule has 0 saturated heterocycles. The minimum absolute atomic E-state index is 0.227. The maximum Gasteiger partial charge on any atom is 0.320 e. The van der Waals surface area contributed by atoms with E-state index in [2.05, 4.69) is 27.7 Å². The summed E-state index contributed by atoms with van der Waals surface area (Å²) >= 11 is 0. The molecule has 0 aromatic heterocycles. The molecule has 9 nitrogen and oxygen atoms in total. The minimum atomic E-state index is -0.621. The van der Waals surface area contributed by atoms with Gasteiger partial charge in [-0.15, -0.1) is 0 Å². The largest absolute Gasteiger partial charge is 0.465 e. The van der Waals surface area contributed by atoms with E-state index in [-0.39, 0.29) is 37.9 Å². The van der Waals surface area contributed by atoms with Gasteiger partial charge in [-0.05, 0) is 31.6 Å². The third-order valence-electron chi connectivity index (χ3n) is 7.58. The number of ether oxygens (including phenoxy) is 4. The number of carbonyl (C=O) groups excluding carboxylic acids is 4. The molecular weight excluding hydrogens is 550 g/mol. The standard InChI is InChI=1S/C34H63NO8/c1-7-12-14-16-18-20-22-40-32(37)25-35(26-33(38)41-23-21-19-17-15-13-8-2)27-34(39)43-30(24-28(6)9-3)29(10-4)42-31(36)11-5/h28-30H,7-27H2,1-6H3. The maximum atomic E-state index is 13.1. The van der Waals surface area contributed by atoms with Crippen LogP contribution in [0.25, 0.3) is 0 Å². The van der Waals surface area contributed by atoms with Gasteiger partial charge >= 0.3 is 23.9 Å². The van der Waals surface area contributed by atoms with Crippen LogP contribution in [0.15, 0.2) is 0 Å². The molecule has 0 amide bonds. The second kappa shape index (κ2) is 27.4. The molecule has 0 saturated carbocycles. The van der Waals surface area contributed by atoms with E-state index < -0.39 is 30.1 Å². The van der Waals surface area contributed by atoms with E-state index in [1.807, 2.05) is 6.92 Å². The molecule has 9 heteroatoms. The molecule has 0 rings (SSSR count). The van der Waals surface area contributed by atoms with Crippen molar-refractivity contribution in [2.75, 3.05) is 32.8 Å². The molecule has 252 valence electrons. The smallest absolute Gasteiger partial charge is 0.320 e. The van der Waals surface area contributed by atoms with Gasteiger partial charge in [0, 0.05) is 6.42 Å². The topological polar surface area (TPSA) is 108 Å². The van der Waals surface area contributed by atoms with Gasteiger partial charge in [0.1, 0.15) is 12.2 Å². The summed E-state index contributed by atoms with van der Waals surface area (Å²) in [4.78, 5) is 51.8. The number of esters is 4. The second-order valence-corrected chi connectivity index (χ2v) is 11.7. The zero-order valence-corrected chi connectivity index (χ0v) is 28.3. The van der Waals surface area contributed by atoms with Gasteiger partial charge in [-0.1, -0.05) is 112 Å². The van der Waals surface area contributed by atoms with Gasteiger partial charge in [0.25, 0.3) is 0 Å². The van der Waals surface area contributed by atoms with E-state index in [0.29, 0.717) is 26.1 Å². The molecule has 0 fully saturated rings. The quantitative estimate of drug-likeness (QED) is 0.0515. The molecule has 3 unspecified atom stereocenters. The van der Waals surface area contributed by atoms with E-state index >= 15 is 0 Å². The highest BCUT2D eigenvalue weighted by Gasteiger charge is 2.30. The summed E-state index contributed by atoms with van der Waals surface area (Å²) in [6.07, 6.45) is 13.9. The first-order chi connectivity index (χ1) is 20.7. The van der Waals surface area contributed by atoms with Crippen LogP contribution < -0.4 is 0 Å². The molecule has 0 radical (unpaired) electrons. The Morgan fingerprint density at radius 3 is 1.42 bits per heavy atom.